The smallest absolute Gasteiger partial charge is 0.119 e. The van der Waals surface area contributed by atoms with E-state index < -0.39 is 0 Å². The first-order chi connectivity index (χ1) is 8.28. The number of ether oxygens (including phenoxy) is 1. The third kappa shape index (κ3) is 2.99. The summed E-state index contributed by atoms with van der Waals surface area (Å²) in [4.78, 5) is 0. The van der Waals surface area contributed by atoms with Gasteiger partial charge in [0.05, 0.1) is 13.2 Å². The number of nitrogens with one attached hydrogen (secondary N) is 1. The molecule has 2 N–H and O–H groups in total. The summed E-state index contributed by atoms with van der Waals surface area (Å²) in [5.74, 6) is 0.915. The van der Waals surface area contributed by atoms with Crippen molar-refractivity contribution in [3.8, 4) is 5.75 Å². The molecule has 1 fully saturated rings. The molecule has 0 bridgehead atoms. The highest BCUT2D eigenvalue weighted by atomic mass is 16.5. The van der Waals surface area contributed by atoms with Gasteiger partial charge in [0.1, 0.15) is 5.75 Å². The average molecular weight is 235 g/mol. The average Bonchev–Trinajstić information content (AvgIpc) is 2.29. The van der Waals surface area contributed by atoms with E-state index in [4.69, 9.17) is 4.74 Å². The molecule has 1 aromatic carbocycles. The first-order valence-electron chi connectivity index (χ1n) is 6.36. The molecular formula is C14H21NO2. The standard InChI is InChI=1S/C14H21NO2/c1-2-17-13-6-3-5-12(9-13)10-15-14(11-16)7-4-8-14/h3,5-6,9,15-16H,2,4,7-8,10-11H2,1H3. The Hall–Kier alpha value is -1.06. The molecule has 0 amide bonds. The van der Waals surface area contributed by atoms with Gasteiger partial charge >= 0.3 is 0 Å². The number of hydrogen-bond acceptors (Lipinski definition) is 3. The molecule has 94 valence electrons. The van der Waals surface area contributed by atoms with Crippen LogP contribution in [0.25, 0.3) is 0 Å². The van der Waals surface area contributed by atoms with Crippen LogP contribution in [0.2, 0.25) is 0 Å². The molecule has 1 aromatic rings. The number of hydrogen-bond donors (Lipinski definition) is 2. The van der Waals surface area contributed by atoms with Crippen molar-refractivity contribution < 1.29 is 9.84 Å². The monoisotopic (exact) mass is 235 g/mol. The van der Waals surface area contributed by atoms with Gasteiger partial charge in [-0.25, -0.2) is 0 Å². The van der Waals surface area contributed by atoms with Gasteiger partial charge in [-0.05, 0) is 43.9 Å². The molecule has 0 saturated heterocycles. The van der Waals surface area contributed by atoms with E-state index in [2.05, 4.69) is 17.4 Å². The van der Waals surface area contributed by atoms with Crippen LogP contribution in [0.3, 0.4) is 0 Å². The lowest BCUT2D eigenvalue weighted by Gasteiger charge is -2.41. The van der Waals surface area contributed by atoms with Crippen molar-refractivity contribution in [2.75, 3.05) is 13.2 Å². The highest BCUT2D eigenvalue weighted by molar-refractivity contribution is 5.28. The van der Waals surface area contributed by atoms with E-state index in [0.29, 0.717) is 6.61 Å². The Morgan fingerprint density at radius 2 is 2.24 bits per heavy atom. The largest absolute Gasteiger partial charge is 0.494 e. The summed E-state index contributed by atoms with van der Waals surface area (Å²) < 4.78 is 5.47. The van der Waals surface area contributed by atoms with Crippen LogP contribution >= 0.6 is 0 Å². The van der Waals surface area contributed by atoms with Gasteiger partial charge in [-0.15, -0.1) is 0 Å². The van der Waals surface area contributed by atoms with E-state index in [1.54, 1.807) is 0 Å². The molecule has 3 heteroatoms. The van der Waals surface area contributed by atoms with Crippen LogP contribution in [0.4, 0.5) is 0 Å². The van der Waals surface area contributed by atoms with Gasteiger partial charge in [0, 0.05) is 12.1 Å². The lowest BCUT2D eigenvalue weighted by atomic mass is 9.77. The molecule has 0 aliphatic heterocycles. The molecule has 1 aliphatic rings. The predicted molar refractivity (Wildman–Crippen MR) is 68.1 cm³/mol. The second-order valence-corrected chi connectivity index (χ2v) is 4.73. The van der Waals surface area contributed by atoms with Gasteiger partial charge < -0.3 is 15.2 Å². The fourth-order valence-electron chi connectivity index (χ4n) is 2.20. The summed E-state index contributed by atoms with van der Waals surface area (Å²) in [5.41, 5.74) is 1.18. The van der Waals surface area contributed by atoms with E-state index >= 15 is 0 Å². The minimum absolute atomic E-state index is 0.0262. The molecule has 17 heavy (non-hydrogen) atoms. The van der Waals surface area contributed by atoms with Gasteiger partial charge in [0.25, 0.3) is 0 Å². The highest BCUT2D eigenvalue weighted by Gasteiger charge is 2.35. The van der Waals surface area contributed by atoms with Gasteiger partial charge in [0.2, 0.25) is 0 Å². The van der Waals surface area contributed by atoms with E-state index in [-0.39, 0.29) is 12.1 Å². The zero-order valence-electron chi connectivity index (χ0n) is 10.4. The lowest BCUT2D eigenvalue weighted by molar-refractivity contribution is 0.0872. The van der Waals surface area contributed by atoms with Crippen LogP contribution in [0, 0.1) is 0 Å². The van der Waals surface area contributed by atoms with Crippen LogP contribution in [0.5, 0.6) is 5.75 Å². The van der Waals surface area contributed by atoms with Gasteiger partial charge in [0.15, 0.2) is 0 Å². The minimum Gasteiger partial charge on any atom is -0.494 e. The van der Waals surface area contributed by atoms with Crippen molar-refractivity contribution in [1.82, 2.24) is 5.32 Å². The molecule has 0 atom stereocenters. The normalized spacial score (nSPS) is 17.5. The minimum atomic E-state index is -0.0262. The van der Waals surface area contributed by atoms with Crippen molar-refractivity contribution >= 4 is 0 Å². The molecule has 1 aliphatic carbocycles. The first-order valence-corrected chi connectivity index (χ1v) is 6.36. The zero-order valence-corrected chi connectivity index (χ0v) is 10.4. The number of benzene rings is 1. The third-order valence-corrected chi connectivity index (χ3v) is 3.49. The summed E-state index contributed by atoms with van der Waals surface area (Å²) >= 11 is 0. The van der Waals surface area contributed by atoms with E-state index in [1.165, 1.54) is 12.0 Å². The van der Waals surface area contributed by atoms with E-state index in [0.717, 1.165) is 25.1 Å². The van der Waals surface area contributed by atoms with Crippen molar-refractivity contribution in [2.45, 2.75) is 38.3 Å². The molecule has 0 heterocycles. The summed E-state index contributed by atoms with van der Waals surface area (Å²) in [6.45, 7) is 3.71. The van der Waals surface area contributed by atoms with Gasteiger partial charge in [-0.2, -0.15) is 0 Å². The second-order valence-electron chi connectivity index (χ2n) is 4.73. The summed E-state index contributed by atoms with van der Waals surface area (Å²) in [7, 11) is 0. The highest BCUT2D eigenvalue weighted by Crippen LogP contribution is 2.31. The molecular weight excluding hydrogens is 214 g/mol. The van der Waals surface area contributed by atoms with Crippen molar-refractivity contribution in [3.63, 3.8) is 0 Å². The first kappa shape index (κ1) is 12.4. The Morgan fingerprint density at radius 1 is 1.41 bits per heavy atom. The molecule has 3 nitrogen and oxygen atoms in total. The Labute approximate surface area is 103 Å². The molecule has 0 unspecified atom stereocenters. The van der Waals surface area contributed by atoms with Crippen LogP contribution < -0.4 is 10.1 Å². The summed E-state index contributed by atoms with van der Waals surface area (Å²) in [6, 6.07) is 8.12. The Balaban J connectivity index is 1.92. The topological polar surface area (TPSA) is 41.5 Å². The number of rotatable bonds is 6. The van der Waals surface area contributed by atoms with Crippen molar-refractivity contribution in [2.24, 2.45) is 0 Å². The molecule has 0 radical (unpaired) electrons. The predicted octanol–water partition coefficient (Wildman–Crippen LogP) is 2.09. The van der Waals surface area contributed by atoms with Crippen molar-refractivity contribution in [3.05, 3.63) is 29.8 Å². The zero-order chi connectivity index (χ0) is 12.1. The maximum atomic E-state index is 9.37. The van der Waals surface area contributed by atoms with Gasteiger partial charge in [-0.3, -0.25) is 0 Å². The maximum Gasteiger partial charge on any atom is 0.119 e. The molecule has 0 spiro atoms. The van der Waals surface area contributed by atoms with E-state index in [1.807, 2.05) is 19.1 Å². The van der Waals surface area contributed by atoms with Crippen molar-refractivity contribution in [1.29, 1.82) is 0 Å². The van der Waals surface area contributed by atoms with Crippen LogP contribution in [-0.4, -0.2) is 23.9 Å². The lowest BCUT2D eigenvalue weighted by Crippen LogP contribution is -2.53. The summed E-state index contributed by atoms with van der Waals surface area (Å²) in [5, 5.41) is 12.8. The Bertz CT molecular complexity index is 355. The maximum absolute atomic E-state index is 9.37. The fourth-order valence-corrected chi connectivity index (χ4v) is 2.20. The third-order valence-electron chi connectivity index (χ3n) is 3.49. The molecule has 0 aromatic heterocycles. The molecule has 1 saturated carbocycles. The Kier molecular flexibility index (Phi) is 4.02. The SMILES string of the molecule is CCOc1cccc(CNC2(CO)CCC2)c1. The quantitative estimate of drug-likeness (QED) is 0.793. The van der Waals surface area contributed by atoms with Gasteiger partial charge in [-0.1, -0.05) is 12.1 Å². The second kappa shape index (κ2) is 5.52. The van der Waals surface area contributed by atoms with Crippen LogP contribution in [-0.2, 0) is 6.54 Å². The number of aliphatic hydroxyl groups is 1. The van der Waals surface area contributed by atoms with Crippen LogP contribution in [0.1, 0.15) is 31.7 Å². The fraction of sp³-hybridized carbons (Fsp3) is 0.571. The number of aliphatic hydroxyl groups excluding tert-OH is 1. The summed E-state index contributed by atoms with van der Waals surface area (Å²) in [6.07, 6.45) is 3.37. The van der Waals surface area contributed by atoms with E-state index in [9.17, 15) is 5.11 Å². The van der Waals surface area contributed by atoms with Crippen LogP contribution in [0.15, 0.2) is 24.3 Å². The molecule has 2 rings (SSSR count). The Morgan fingerprint density at radius 3 is 2.82 bits per heavy atom.